The molecule has 1 heterocycles. The monoisotopic (exact) mass is 211 g/mol. The molecule has 2 heteroatoms. The minimum absolute atomic E-state index is 0.659. The summed E-state index contributed by atoms with van der Waals surface area (Å²) in [6.07, 6.45) is 4.88. The van der Waals surface area contributed by atoms with E-state index in [4.69, 9.17) is 4.74 Å². The Kier molecular flexibility index (Phi) is 5.96. The lowest BCUT2D eigenvalue weighted by molar-refractivity contribution is 0.0782. The van der Waals surface area contributed by atoms with Crippen LogP contribution in [0.2, 0.25) is 0 Å². The first-order valence-corrected chi connectivity index (χ1v) is 6.23. The molecule has 0 aliphatic carbocycles. The third-order valence-corrected chi connectivity index (χ3v) is 3.04. The fourth-order valence-corrected chi connectivity index (χ4v) is 1.91. The van der Waals surface area contributed by atoms with Gasteiger partial charge in [0.2, 0.25) is 0 Å². The number of nitrogens with one attached hydrogen (secondary N) is 1. The molecule has 0 aromatic rings. The van der Waals surface area contributed by atoms with E-state index in [-0.39, 0.29) is 0 Å². The maximum atomic E-state index is 5.38. The minimum atomic E-state index is 0.659. The number of hydrogen-bond donors (Lipinski definition) is 1. The van der Waals surface area contributed by atoms with Crippen molar-refractivity contribution in [2.45, 2.75) is 33.6 Å². The third kappa shape index (κ3) is 4.80. The summed E-state index contributed by atoms with van der Waals surface area (Å²) in [5.41, 5.74) is 1.56. The first-order chi connectivity index (χ1) is 7.24. The molecule has 2 nitrogen and oxygen atoms in total. The van der Waals surface area contributed by atoms with Gasteiger partial charge in [-0.1, -0.05) is 32.4 Å². The van der Waals surface area contributed by atoms with E-state index >= 15 is 0 Å². The van der Waals surface area contributed by atoms with Gasteiger partial charge in [0, 0.05) is 19.8 Å². The minimum Gasteiger partial charge on any atom is -0.381 e. The molecule has 1 N–H and O–H groups in total. The first kappa shape index (κ1) is 12.7. The zero-order chi connectivity index (χ0) is 11.1. The van der Waals surface area contributed by atoms with Gasteiger partial charge in [-0.3, -0.25) is 0 Å². The molecule has 1 aliphatic heterocycles. The van der Waals surface area contributed by atoms with Gasteiger partial charge >= 0.3 is 0 Å². The van der Waals surface area contributed by atoms with Crippen molar-refractivity contribution in [3.8, 4) is 0 Å². The van der Waals surface area contributed by atoms with Crippen LogP contribution < -0.4 is 5.32 Å². The normalized spacial score (nSPS) is 19.9. The second kappa shape index (κ2) is 7.02. The van der Waals surface area contributed by atoms with Crippen molar-refractivity contribution < 1.29 is 4.74 Å². The molecule has 0 saturated carbocycles. The van der Waals surface area contributed by atoms with Crippen LogP contribution in [0.15, 0.2) is 11.6 Å². The summed E-state index contributed by atoms with van der Waals surface area (Å²) in [6, 6.07) is 0. The molecule has 0 radical (unpaired) electrons. The number of hydrogen-bond acceptors (Lipinski definition) is 2. The number of ether oxygens (including phenoxy) is 1. The van der Waals surface area contributed by atoms with Crippen molar-refractivity contribution in [1.82, 2.24) is 5.32 Å². The van der Waals surface area contributed by atoms with E-state index in [1.54, 1.807) is 5.57 Å². The summed E-state index contributed by atoms with van der Waals surface area (Å²) in [5, 5.41) is 3.42. The molecule has 0 bridgehead atoms. The Hall–Kier alpha value is -0.340. The van der Waals surface area contributed by atoms with E-state index in [0.29, 0.717) is 5.92 Å². The second-order valence-corrected chi connectivity index (χ2v) is 4.63. The average molecular weight is 211 g/mol. The Morgan fingerprint density at radius 3 is 2.60 bits per heavy atom. The highest BCUT2D eigenvalue weighted by Crippen LogP contribution is 2.20. The van der Waals surface area contributed by atoms with Crippen molar-refractivity contribution in [2.24, 2.45) is 11.8 Å². The highest BCUT2D eigenvalue weighted by molar-refractivity contribution is 5.09. The van der Waals surface area contributed by atoms with Gasteiger partial charge in [0.15, 0.2) is 0 Å². The molecule has 1 saturated heterocycles. The second-order valence-electron chi connectivity index (χ2n) is 4.63. The lowest BCUT2D eigenvalue weighted by Gasteiger charge is -2.22. The van der Waals surface area contributed by atoms with Crippen molar-refractivity contribution in [1.29, 1.82) is 0 Å². The zero-order valence-electron chi connectivity index (χ0n) is 10.4. The van der Waals surface area contributed by atoms with Crippen molar-refractivity contribution in [3.63, 3.8) is 0 Å². The van der Waals surface area contributed by atoms with E-state index in [0.717, 1.165) is 32.2 Å². The molecular formula is C13H25NO. The Labute approximate surface area is 94.1 Å². The molecule has 1 rings (SSSR count). The fourth-order valence-electron chi connectivity index (χ4n) is 1.91. The summed E-state index contributed by atoms with van der Waals surface area (Å²) in [7, 11) is 0. The lowest BCUT2D eigenvalue weighted by atomic mass is 9.93. The first-order valence-electron chi connectivity index (χ1n) is 6.23. The number of likely N-dealkylation sites (N-methyl/N-ethyl adjacent to an activating group) is 1. The molecule has 1 fully saturated rings. The van der Waals surface area contributed by atoms with Crippen LogP contribution in [0.4, 0.5) is 0 Å². The maximum Gasteiger partial charge on any atom is 0.0471 e. The topological polar surface area (TPSA) is 21.3 Å². The van der Waals surface area contributed by atoms with Gasteiger partial charge in [0.05, 0.1) is 0 Å². The standard InChI is InChI=1S/C13H25NO/c1-4-14-10-13(11(2)3)9-12-5-7-15-8-6-12/h9,11-12,14H,4-8,10H2,1-3H3. The van der Waals surface area contributed by atoms with Crippen LogP contribution in [0.5, 0.6) is 0 Å². The van der Waals surface area contributed by atoms with Gasteiger partial charge in [-0.15, -0.1) is 0 Å². The molecule has 15 heavy (non-hydrogen) atoms. The highest BCUT2D eigenvalue weighted by Gasteiger charge is 2.13. The van der Waals surface area contributed by atoms with E-state index in [9.17, 15) is 0 Å². The SMILES string of the molecule is CCNCC(=CC1CCOCC1)C(C)C. The van der Waals surface area contributed by atoms with Crippen LogP contribution in [0.1, 0.15) is 33.6 Å². The van der Waals surface area contributed by atoms with E-state index in [1.165, 1.54) is 12.8 Å². The highest BCUT2D eigenvalue weighted by atomic mass is 16.5. The van der Waals surface area contributed by atoms with Gasteiger partial charge in [0.25, 0.3) is 0 Å². The van der Waals surface area contributed by atoms with Gasteiger partial charge in [0.1, 0.15) is 0 Å². The zero-order valence-corrected chi connectivity index (χ0v) is 10.4. The molecule has 88 valence electrons. The van der Waals surface area contributed by atoms with Crippen molar-refractivity contribution in [3.05, 3.63) is 11.6 Å². The summed E-state index contributed by atoms with van der Waals surface area (Å²) < 4.78 is 5.38. The molecule has 0 aromatic carbocycles. The maximum absolute atomic E-state index is 5.38. The molecule has 0 amide bonds. The largest absolute Gasteiger partial charge is 0.381 e. The average Bonchev–Trinajstić information content (AvgIpc) is 2.25. The fraction of sp³-hybridized carbons (Fsp3) is 0.846. The molecule has 1 aliphatic rings. The third-order valence-electron chi connectivity index (χ3n) is 3.04. The molecule has 0 spiro atoms. The van der Waals surface area contributed by atoms with Crippen molar-refractivity contribution >= 4 is 0 Å². The predicted molar refractivity (Wildman–Crippen MR) is 65.0 cm³/mol. The van der Waals surface area contributed by atoms with E-state index in [2.05, 4.69) is 32.2 Å². The van der Waals surface area contributed by atoms with Crippen LogP contribution in [0.3, 0.4) is 0 Å². The van der Waals surface area contributed by atoms with Gasteiger partial charge < -0.3 is 10.1 Å². The summed E-state index contributed by atoms with van der Waals surface area (Å²) in [6.45, 7) is 10.7. The number of allylic oxidation sites excluding steroid dienone is 1. The molecular weight excluding hydrogens is 186 g/mol. The van der Waals surface area contributed by atoms with E-state index in [1.807, 2.05) is 0 Å². The van der Waals surface area contributed by atoms with Gasteiger partial charge in [-0.2, -0.15) is 0 Å². The summed E-state index contributed by atoms with van der Waals surface area (Å²) >= 11 is 0. The summed E-state index contributed by atoms with van der Waals surface area (Å²) in [5.74, 6) is 1.40. The van der Waals surface area contributed by atoms with Crippen LogP contribution in [0.25, 0.3) is 0 Å². The molecule has 0 unspecified atom stereocenters. The van der Waals surface area contributed by atoms with Crippen LogP contribution in [-0.4, -0.2) is 26.3 Å². The Morgan fingerprint density at radius 1 is 1.40 bits per heavy atom. The smallest absolute Gasteiger partial charge is 0.0471 e. The van der Waals surface area contributed by atoms with Crippen LogP contribution in [0, 0.1) is 11.8 Å². The Bertz CT molecular complexity index is 193. The Morgan fingerprint density at radius 2 is 2.07 bits per heavy atom. The summed E-state index contributed by atoms with van der Waals surface area (Å²) in [4.78, 5) is 0. The van der Waals surface area contributed by atoms with Crippen LogP contribution >= 0.6 is 0 Å². The van der Waals surface area contributed by atoms with Gasteiger partial charge in [-0.05, 0) is 31.2 Å². The van der Waals surface area contributed by atoms with E-state index < -0.39 is 0 Å². The van der Waals surface area contributed by atoms with Gasteiger partial charge in [-0.25, -0.2) is 0 Å². The van der Waals surface area contributed by atoms with Crippen LogP contribution in [-0.2, 0) is 4.74 Å². The Balaban J connectivity index is 2.48. The molecule has 0 aromatic heterocycles. The molecule has 0 atom stereocenters. The predicted octanol–water partition coefficient (Wildman–Crippen LogP) is 2.60. The number of rotatable bonds is 5. The lowest BCUT2D eigenvalue weighted by Crippen LogP contribution is -2.21. The van der Waals surface area contributed by atoms with Crippen molar-refractivity contribution in [2.75, 3.05) is 26.3 Å². The quantitative estimate of drug-likeness (QED) is 0.706.